The zero-order valence-electron chi connectivity index (χ0n) is 17.9. The van der Waals surface area contributed by atoms with Crippen molar-refractivity contribution in [3.8, 4) is 23.0 Å². The van der Waals surface area contributed by atoms with Gasteiger partial charge < -0.3 is 18.9 Å². The van der Waals surface area contributed by atoms with Gasteiger partial charge in [-0.1, -0.05) is 0 Å². The summed E-state index contributed by atoms with van der Waals surface area (Å²) >= 11 is 0. The van der Waals surface area contributed by atoms with E-state index >= 15 is 0 Å². The molecule has 1 saturated carbocycles. The lowest BCUT2D eigenvalue weighted by Crippen LogP contribution is -2.30. The molecule has 8 heteroatoms. The monoisotopic (exact) mass is 440 g/mol. The van der Waals surface area contributed by atoms with Gasteiger partial charge in [-0.25, -0.2) is 0 Å². The van der Waals surface area contributed by atoms with Crippen molar-refractivity contribution in [3.05, 3.63) is 48.5 Å². The number of rotatable bonds is 6. The van der Waals surface area contributed by atoms with E-state index in [4.69, 9.17) is 18.9 Å². The number of carbonyl (C=O) groups is 4. The van der Waals surface area contributed by atoms with E-state index in [1.807, 2.05) is 0 Å². The maximum atomic E-state index is 12.4. The zero-order valence-corrected chi connectivity index (χ0v) is 17.9. The van der Waals surface area contributed by atoms with Crippen molar-refractivity contribution in [2.45, 2.75) is 39.5 Å². The van der Waals surface area contributed by atoms with Crippen LogP contribution in [0.1, 0.15) is 39.5 Å². The van der Waals surface area contributed by atoms with Crippen LogP contribution in [0.15, 0.2) is 48.5 Å². The molecule has 0 N–H and O–H groups in total. The largest absolute Gasteiger partial charge is 0.427 e. The van der Waals surface area contributed by atoms with E-state index in [0.717, 1.165) is 0 Å². The first-order valence-electron chi connectivity index (χ1n) is 10.3. The van der Waals surface area contributed by atoms with Crippen LogP contribution in [-0.2, 0) is 19.2 Å². The highest BCUT2D eigenvalue weighted by Gasteiger charge is 2.32. The molecule has 168 valence electrons. The smallest absolute Gasteiger partial charge is 0.314 e. The van der Waals surface area contributed by atoms with Crippen LogP contribution < -0.4 is 18.9 Å². The Bertz CT molecular complexity index is 889. The Kier molecular flexibility index (Phi) is 7.59. The summed E-state index contributed by atoms with van der Waals surface area (Å²) in [5.74, 6) is -0.668. The number of esters is 4. The van der Waals surface area contributed by atoms with E-state index in [-0.39, 0.29) is 23.8 Å². The third-order valence-corrected chi connectivity index (χ3v) is 5.00. The number of hydrogen-bond donors (Lipinski definition) is 0. The summed E-state index contributed by atoms with van der Waals surface area (Å²) in [6.07, 6.45) is 2.09. The van der Waals surface area contributed by atoms with Crippen LogP contribution in [0.25, 0.3) is 0 Å². The topological polar surface area (TPSA) is 105 Å². The van der Waals surface area contributed by atoms with Crippen molar-refractivity contribution in [1.29, 1.82) is 0 Å². The van der Waals surface area contributed by atoms with Crippen molar-refractivity contribution in [1.82, 2.24) is 0 Å². The average Bonchev–Trinajstić information content (AvgIpc) is 2.76. The van der Waals surface area contributed by atoms with Crippen molar-refractivity contribution in [3.63, 3.8) is 0 Å². The average molecular weight is 440 g/mol. The molecule has 0 radical (unpaired) electrons. The van der Waals surface area contributed by atoms with E-state index in [1.165, 1.54) is 13.8 Å². The normalized spacial score (nSPS) is 17.7. The van der Waals surface area contributed by atoms with Crippen LogP contribution in [0.2, 0.25) is 0 Å². The molecule has 0 saturated heterocycles. The SMILES string of the molecule is CC(=O)Oc1ccc(OC(=O)C2CCC(C(=O)Oc3ccc(OC(C)=O)cc3)CC2)cc1. The van der Waals surface area contributed by atoms with Crippen LogP contribution in [0.5, 0.6) is 23.0 Å². The minimum Gasteiger partial charge on any atom is -0.427 e. The van der Waals surface area contributed by atoms with E-state index < -0.39 is 11.9 Å². The first-order chi connectivity index (χ1) is 15.3. The van der Waals surface area contributed by atoms with Gasteiger partial charge in [-0.2, -0.15) is 0 Å². The van der Waals surface area contributed by atoms with Crippen LogP contribution >= 0.6 is 0 Å². The molecular formula is C24H24O8. The lowest BCUT2D eigenvalue weighted by molar-refractivity contribution is -0.145. The number of hydrogen-bond acceptors (Lipinski definition) is 8. The molecule has 0 unspecified atom stereocenters. The van der Waals surface area contributed by atoms with Crippen molar-refractivity contribution < 1.29 is 38.1 Å². The van der Waals surface area contributed by atoms with E-state index in [1.54, 1.807) is 48.5 Å². The second kappa shape index (κ2) is 10.6. The van der Waals surface area contributed by atoms with Gasteiger partial charge in [0.05, 0.1) is 11.8 Å². The standard InChI is InChI=1S/C24H24O8/c1-15(25)29-19-7-11-21(12-8-19)31-23(27)17-3-5-18(6-4-17)24(28)32-22-13-9-20(10-14-22)30-16(2)26/h7-14,17-18H,3-6H2,1-2H3. The minimum atomic E-state index is -0.427. The lowest BCUT2D eigenvalue weighted by Gasteiger charge is -2.25. The van der Waals surface area contributed by atoms with Crippen molar-refractivity contribution in [2.75, 3.05) is 0 Å². The molecule has 8 nitrogen and oxygen atoms in total. The Morgan fingerprint density at radius 3 is 1.03 bits per heavy atom. The molecule has 2 aromatic rings. The second-order valence-corrected chi connectivity index (χ2v) is 7.52. The maximum Gasteiger partial charge on any atom is 0.314 e. The first-order valence-corrected chi connectivity index (χ1v) is 10.3. The van der Waals surface area contributed by atoms with Gasteiger partial charge in [0.25, 0.3) is 0 Å². The van der Waals surface area contributed by atoms with Crippen LogP contribution in [-0.4, -0.2) is 23.9 Å². The van der Waals surface area contributed by atoms with Gasteiger partial charge in [-0.15, -0.1) is 0 Å². The van der Waals surface area contributed by atoms with Gasteiger partial charge in [0.1, 0.15) is 23.0 Å². The van der Waals surface area contributed by atoms with E-state index in [2.05, 4.69) is 0 Å². The van der Waals surface area contributed by atoms with Gasteiger partial charge in [-0.05, 0) is 74.2 Å². The Balaban J connectivity index is 1.45. The predicted molar refractivity (Wildman–Crippen MR) is 112 cm³/mol. The van der Waals surface area contributed by atoms with Crippen molar-refractivity contribution >= 4 is 23.9 Å². The van der Waals surface area contributed by atoms with Crippen LogP contribution in [0, 0.1) is 11.8 Å². The second-order valence-electron chi connectivity index (χ2n) is 7.52. The summed E-state index contributed by atoms with van der Waals surface area (Å²) in [5, 5.41) is 0. The summed E-state index contributed by atoms with van der Waals surface area (Å²) in [6.45, 7) is 2.61. The summed E-state index contributed by atoms with van der Waals surface area (Å²) in [5.41, 5.74) is 0. The Labute approximate surface area is 185 Å². The third-order valence-electron chi connectivity index (χ3n) is 5.00. The molecule has 0 aliphatic heterocycles. The fourth-order valence-electron chi connectivity index (χ4n) is 3.45. The molecule has 0 aromatic heterocycles. The zero-order chi connectivity index (χ0) is 23.1. The Morgan fingerprint density at radius 1 is 0.531 bits per heavy atom. The van der Waals surface area contributed by atoms with Gasteiger partial charge in [-0.3, -0.25) is 19.2 Å². The summed E-state index contributed by atoms with van der Waals surface area (Å²) in [7, 11) is 0. The summed E-state index contributed by atoms with van der Waals surface area (Å²) in [6, 6.07) is 12.5. The van der Waals surface area contributed by atoms with E-state index in [0.29, 0.717) is 48.7 Å². The lowest BCUT2D eigenvalue weighted by atomic mass is 9.82. The molecular weight excluding hydrogens is 416 g/mol. The molecule has 3 rings (SSSR count). The van der Waals surface area contributed by atoms with Crippen LogP contribution in [0.4, 0.5) is 0 Å². The van der Waals surface area contributed by atoms with Gasteiger partial charge >= 0.3 is 23.9 Å². The first kappa shape index (κ1) is 23.0. The molecule has 1 fully saturated rings. The third kappa shape index (κ3) is 6.66. The fourth-order valence-corrected chi connectivity index (χ4v) is 3.45. The Hall–Kier alpha value is -3.68. The molecule has 0 bridgehead atoms. The number of ether oxygens (including phenoxy) is 4. The fraction of sp³-hybridized carbons (Fsp3) is 0.333. The van der Waals surface area contributed by atoms with Gasteiger partial charge in [0.15, 0.2) is 0 Å². The van der Waals surface area contributed by atoms with Crippen LogP contribution in [0.3, 0.4) is 0 Å². The highest BCUT2D eigenvalue weighted by Crippen LogP contribution is 2.32. The molecule has 0 spiro atoms. The molecule has 0 heterocycles. The van der Waals surface area contributed by atoms with E-state index in [9.17, 15) is 19.2 Å². The molecule has 0 atom stereocenters. The van der Waals surface area contributed by atoms with Gasteiger partial charge in [0, 0.05) is 13.8 Å². The Morgan fingerprint density at radius 2 is 0.781 bits per heavy atom. The molecule has 32 heavy (non-hydrogen) atoms. The molecule has 1 aliphatic carbocycles. The summed E-state index contributed by atoms with van der Waals surface area (Å²) in [4.78, 5) is 46.8. The quantitative estimate of drug-likeness (QED) is 0.493. The molecule has 1 aliphatic rings. The molecule has 2 aromatic carbocycles. The maximum absolute atomic E-state index is 12.4. The highest BCUT2D eigenvalue weighted by molar-refractivity contribution is 5.78. The highest BCUT2D eigenvalue weighted by atomic mass is 16.5. The minimum absolute atomic E-state index is 0.296. The number of carbonyl (C=O) groups excluding carboxylic acids is 4. The number of benzene rings is 2. The summed E-state index contributed by atoms with van der Waals surface area (Å²) < 4.78 is 20.7. The predicted octanol–water partition coefficient (Wildman–Crippen LogP) is 3.85. The van der Waals surface area contributed by atoms with Gasteiger partial charge in [0.2, 0.25) is 0 Å². The van der Waals surface area contributed by atoms with Crippen molar-refractivity contribution in [2.24, 2.45) is 11.8 Å². The molecule has 0 amide bonds.